The molecule has 0 fully saturated rings. The molecule has 0 aliphatic carbocycles. The fraction of sp³-hybridized carbons (Fsp3) is 0.267. The standard InChI is InChI=1S/C15H17ClN4O5/c1-7(6-25-10-5-8(24-2)3-4-9(10)16)18-14(22)12-11(17)13(21)20-15(23)19-12/h3-5,7H,6,17H2,1-2H3,(H,18,22)(H2,19,20,21,23)/t7-/m1/s1. The van der Waals surface area contributed by atoms with Crippen molar-refractivity contribution in [1.29, 1.82) is 0 Å². The molecule has 0 bridgehead atoms. The Labute approximate surface area is 147 Å². The van der Waals surface area contributed by atoms with Crippen molar-refractivity contribution in [2.45, 2.75) is 13.0 Å². The van der Waals surface area contributed by atoms with E-state index in [-0.39, 0.29) is 18.0 Å². The van der Waals surface area contributed by atoms with Crippen molar-refractivity contribution in [3.8, 4) is 11.5 Å². The van der Waals surface area contributed by atoms with E-state index in [1.165, 1.54) is 7.11 Å². The molecule has 0 radical (unpaired) electrons. The predicted molar refractivity (Wildman–Crippen MR) is 92.5 cm³/mol. The van der Waals surface area contributed by atoms with Crippen LogP contribution in [0.5, 0.6) is 11.5 Å². The zero-order chi connectivity index (χ0) is 18.6. The molecule has 0 saturated heterocycles. The van der Waals surface area contributed by atoms with Gasteiger partial charge in [0.2, 0.25) is 0 Å². The minimum atomic E-state index is -0.832. The van der Waals surface area contributed by atoms with Crippen molar-refractivity contribution < 1.29 is 14.3 Å². The maximum Gasteiger partial charge on any atom is 0.326 e. The molecule has 1 heterocycles. The number of nitrogen functional groups attached to an aromatic ring is 1. The summed E-state index contributed by atoms with van der Waals surface area (Å²) in [5.74, 6) is 0.268. The van der Waals surface area contributed by atoms with E-state index in [9.17, 15) is 14.4 Å². The first-order valence-electron chi connectivity index (χ1n) is 7.21. The van der Waals surface area contributed by atoms with Gasteiger partial charge in [-0.3, -0.25) is 14.6 Å². The lowest BCUT2D eigenvalue weighted by molar-refractivity contribution is 0.0922. The first-order chi connectivity index (χ1) is 11.8. The van der Waals surface area contributed by atoms with Gasteiger partial charge in [-0.2, -0.15) is 0 Å². The summed E-state index contributed by atoms with van der Waals surface area (Å²) in [5, 5.41) is 2.96. The second-order valence-electron chi connectivity index (χ2n) is 5.18. The van der Waals surface area contributed by atoms with Crippen LogP contribution in [0.4, 0.5) is 5.69 Å². The van der Waals surface area contributed by atoms with Crippen molar-refractivity contribution in [3.63, 3.8) is 0 Å². The Kier molecular flexibility index (Phi) is 5.71. The molecule has 0 saturated carbocycles. The molecule has 134 valence electrons. The maximum atomic E-state index is 12.1. The van der Waals surface area contributed by atoms with E-state index in [2.05, 4.69) is 10.3 Å². The Morgan fingerprint density at radius 1 is 1.36 bits per heavy atom. The molecule has 1 amide bonds. The largest absolute Gasteiger partial charge is 0.497 e. The molecule has 5 N–H and O–H groups in total. The van der Waals surface area contributed by atoms with Crippen LogP contribution in [0.25, 0.3) is 0 Å². The number of nitrogens with one attached hydrogen (secondary N) is 3. The number of aromatic amines is 2. The van der Waals surface area contributed by atoms with Crippen LogP contribution in [0.2, 0.25) is 5.02 Å². The van der Waals surface area contributed by atoms with E-state index in [4.69, 9.17) is 26.8 Å². The molecule has 1 aromatic carbocycles. The molecular weight excluding hydrogens is 352 g/mol. The van der Waals surface area contributed by atoms with Crippen LogP contribution in [-0.4, -0.2) is 35.6 Å². The highest BCUT2D eigenvalue weighted by Crippen LogP contribution is 2.28. The number of hydrogen-bond donors (Lipinski definition) is 4. The number of hydrogen-bond acceptors (Lipinski definition) is 6. The average molecular weight is 369 g/mol. The molecule has 0 aliphatic heterocycles. The van der Waals surface area contributed by atoms with Gasteiger partial charge < -0.3 is 25.5 Å². The van der Waals surface area contributed by atoms with Crippen LogP contribution in [0.1, 0.15) is 17.4 Å². The third kappa shape index (κ3) is 4.54. The van der Waals surface area contributed by atoms with Gasteiger partial charge in [-0.25, -0.2) is 4.79 Å². The summed E-state index contributed by atoms with van der Waals surface area (Å²) < 4.78 is 10.6. The molecule has 0 unspecified atom stereocenters. The number of benzene rings is 1. The van der Waals surface area contributed by atoms with Gasteiger partial charge in [0.15, 0.2) is 0 Å². The highest BCUT2D eigenvalue weighted by molar-refractivity contribution is 6.32. The molecule has 9 nitrogen and oxygen atoms in total. The fourth-order valence-corrected chi connectivity index (χ4v) is 2.12. The van der Waals surface area contributed by atoms with Crippen LogP contribution in [0.3, 0.4) is 0 Å². The summed E-state index contributed by atoms with van der Waals surface area (Å²) in [7, 11) is 1.52. The van der Waals surface area contributed by atoms with Gasteiger partial charge >= 0.3 is 5.69 Å². The minimum absolute atomic E-state index is 0.0892. The van der Waals surface area contributed by atoms with Gasteiger partial charge in [0.25, 0.3) is 11.5 Å². The van der Waals surface area contributed by atoms with Gasteiger partial charge in [0.05, 0.1) is 18.2 Å². The number of H-pyrrole nitrogens is 2. The normalized spacial score (nSPS) is 11.6. The maximum absolute atomic E-state index is 12.1. The summed E-state index contributed by atoms with van der Waals surface area (Å²) in [5.41, 5.74) is 3.17. The van der Waals surface area contributed by atoms with Gasteiger partial charge in [-0.15, -0.1) is 0 Å². The summed E-state index contributed by atoms with van der Waals surface area (Å²) >= 11 is 6.03. The second-order valence-corrected chi connectivity index (χ2v) is 5.59. The van der Waals surface area contributed by atoms with Crippen LogP contribution >= 0.6 is 11.6 Å². The number of halogens is 1. The zero-order valence-corrected chi connectivity index (χ0v) is 14.3. The van der Waals surface area contributed by atoms with E-state index in [0.29, 0.717) is 16.5 Å². The highest BCUT2D eigenvalue weighted by Gasteiger charge is 2.17. The van der Waals surface area contributed by atoms with E-state index >= 15 is 0 Å². The Balaban J connectivity index is 2.03. The van der Waals surface area contributed by atoms with E-state index < -0.39 is 23.2 Å². The van der Waals surface area contributed by atoms with Gasteiger partial charge in [-0.1, -0.05) is 11.6 Å². The number of rotatable bonds is 6. The third-order valence-electron chi connectivity index (χ3n) is 3.21. The first kappa shape index (κ1) is 18.4. The number of ether oxygens (including phenoxy) is 2. The molecule has 1 aromatic heterocycles. The molecular formula is C15H17ClN4O5. The van der Waals surface area contributed by atoms with Gasteiger partial charge in [-0.05, 0) is 19.1 Å². The average Bonchev–Trinajstić information content (AvgIpc) is 2.57. The van der Waals surface area contributed by atoms with Gasteiger partial charge in [0.1, 0.15) is 29.5 Å². The molecule has 2 rings (SSSR count). The molecule has 0 aliphatic rings. The third-order valence-corrected chi connectivity index (χ3v) is 3.52. The first-order valence-corrected chi connectivity index (χ1v) is 7.59. The van der Waals surface area contributed by atoms with E-state index in [1.807, 2.05) is 4.98 Å². The smallest absolute Gasteiger partial charge is 0.326 e. The topological polar surface area (TPSA) is 139 Å². The van der Waals surface area contributed by atoms with Crippen LogP contribution in [0, 0.1) is 0 Å². The molecule has 25 heavy (non-hydrogen) atoms. The lowest BCUT2D eigenvalue weighted by atomic mass is 10.3. The number of amides is 1. The van der Waals surface area contributed by atoms with E-state index in [0.717, 1.165) is 0 Å². The van der Waals surface area contributed by atoms with Crippen LogP contribution < -0.4 is 31.8 Å². The van der Waals surface area contributed by atoms with Crippen molar-refractivity contribution in [3.05, 3.63) is 49.8 Å². The number of methoxy groups -OCH3 is 1. The van der Waals surface area contributed by atoms with E-state index in [1.54, 1.807) is 25.1 Å². The van der Waals surface area contributed by atoms with Crippen molar-refractivity contribution >= 4 is 23.2 Å². The Hall–Kier alpha value is -2.94. The van der Waals surface area contributed by atoms with Crippen molar-refractivity contribution in [2.24, 2.45) is 0 Å². The highest BCUT2D eigenvalue weighted by atomic mass is 35.5. The second kappa shape index (κ2) is 7.75. The summed E-state index contributed by atoms with van der Waals surface area (Å²) in [6, 6.07) is 4.47. The van der Waals surface area contributed by atoms with Crippen molar-refractivity contribution in [1.82, 2.24) is 15.3 Å². The Morgan fingerprint density at radius 3 is 2.76 bits per heavy atom. The fourth-order valence-electron chi connectivity index (χ4n) is 1.95. The number of anilines is 1. The number of aromatic nitrogens is 2. The molecule has 2 aromatic rings. The lowest BCUT2D eigenvalue weighted by Crippen LogP contribution is -2.40. The molecule has 0 spiro atoms. The lowest BCUT2D eigenvalue weighted by Gasteiger charge is -2.16. The predicted octanol–water partition coefficient (Wildman–Crippen LogP) is 0.505. The van der Waals surface area contributed by atoms with Gasteiger partial charge in [0, 0.05) is 6.07 Å². The minimum Gasteiger partial charge on any atom is -0.497 e. The Morgan fingerprint density at radius 2 is 2.08 bits per heavy atom. The monoisotopic (exact) mass is 368 g/mol. The molecule has 10 heteroatoms. The number of carbonyl (C=O) groups is 1. The quantitative estimate of drug-likeness (QED) is 0.585. The van der Waals surface area contributed by atoms with Crippen LogP contribution in [-0.2, 0) is 0 Å². The SMILES string of the molecule is COc1ccc(Cl)c(OC[C@@H](C)NC(=O)c2[nH]c(=O)[nH]c(=O)c2N)c1. The van der Waals surface area contributed by atoms with Crippen LogP contribution in [0.15, 0.2) is 27.8 Å². The molecule has 1 atom stereocenters. The Bertz CT molecular complexity index is 892. The van der Waals surface area contributed by atoms with Crippen molar-refractivity contribution in [2.75, 3.05) is 19.5 Å². The summed E-state index contributed by atoms with van der Waals surface area (Å²) in [6.07, 6.45) is 0. The number of carbonyl (C=O) groups excluding carboxylic acids is 1. The zero-order valence-electron chi connectivity index (χ0n) is 13.5. The summed E-state index contributed by atoms with van der Waals surface area (Å²) in [4.78, 5) is 39.0. The summed E-state index contributed by atoms with van der Waals surface area (Å²) in [6.45, 7) is 1.76. The number of nitrogens with two attached hydrogens (primary N) is 1.